The third-order valence-corrected chi connectivity index (χ3v) is 4.64. The van der Waals surface area contributed by atoms with Crippen molar-refractivity contribution >= 4 is 7.05 Å². The lowest BCUT2D eigenvalue weighted by Gasteiger charge is -2.39. The molecule has 23 heavy (non-hydrogen) atoms. The van der Waals surface area contributed by atoms with E-state index in [4.69, 9.17) is 4.74 Å². The van der Waals surface area contributed by atoms with Crippen LogP contribution in [0.3, 0.4) is 0 Å². The summed E-state index contributed by atoms with van der Waals surface area (Å²) in [6, 6.07) is 20.8. The molecule has 0 radical (unpaired) electrons. The summed E-state index contributed by atoms with van der Waals surface area (Å²) in [4.78, 5) is 2.13. The highest BCUT2D eigenvalue weighted by molar-refractivity contribution is 6.45. The molecule has 0 saturated carbocycles. The summed E-state index contributed by atoms with van der Waals surface area (Å²) in [6.07, 6.45) is 1.13. The molecule has 1 saturated heterocycles. The molecule has 0 unspecified atom stereocenters. The van der Waals surface area contributed by atoms with Crippen molar-refractivity contribution in [1.82, 2.24) is 4.81 Å². The van der Waals surface area contributed by atoms with Crippen molar-refractivity contribution in [2.24, 2.45) is 0 Å². The highest BCUT2D eigenvalue weighted by atomic mass is 16.5. The molecule has 3 rings (SSSR count). The Labute approximate surface area is 139 Å². The van der Waals surface area contributed by atoms with Crippen molar-refractivity contribution in [3.8, 4) is 0 Å². The van der Waals surface area contributed by atoms with E-state index in [1.165, 1.54) is 11.1 Å². The van der Waals surface area contributed by atoms with Gasteiger partial charge in [-0.15, -0.1) is 0 Å². The van der Waals surface area contributed by atoms with Gasteiger partial charge >= 0.3 is 7.05 Å². The molecule has 1 heterocycles. The SMILES string of the molecule is CB(O)N1CC[C@@H](OCc2ccccc2)[C@H](c2ccccc2)C1. The maximum absolute atomic E-state index is 9.92. The summed E-state index contributed by atoms with van der Waals surface area (Å²) < 4.78 is 6.26. The van der Waals surface area contributed by atoms with Crippen molar-refractivity contribution < 1.29 is 9.76 Å². The monoisotopic (exact) mass is 309 g/mol. The molecule has 1 aliphatic heterocycles. The van der Waals surface area contributed by atoms with Gasteiger partial charge in [0.2, 0.25) is 0 Å². The molecule has 0 bridgehead atoms. The van der Waals surface area contributed by atoms with Crippen LogP contribution < -0.4 is 0 Å². The topological polar surface area (TPSA) is 32.7 Å². The molecule has 2 aromatic rings. The van der Waals surface area contributed by atoms with Gasteiger partial charge < -0.3 is 14.6 Å². The molecule has 3 nitrogen and oxygen atoms in total. The molecule has 1 aliphatic rings. The van der Waals surface area contributed by atoms with Gasteiger partial charge in [0.05, 0.1) is 12.7 Å². The second kappa shape index (κ2) is 7.78. The zero-order valence-electron chi connectivity index (χ0n) is 13.6. The van der Waals surface area contributed by atoms with E-state index in [0.29, 0.717) is 12.5 Å². The fourth-order valence-electron chi connectivity index (χ4n) is 3.29. The Morgan fingerprint density at radius 3 is 2.39 bits per heavy atom. The zero-order chi connectivity index (χ0) is 16.1. The summed E-state index contributed by atoms with van der Waals surface area (Å²) in [7, 11) is -0.406. The van der Waals surface area contributed by atoms with E-state index in [1.54, 1.807) is 0 Å². The van der Waals surface area contributed by atoms with Gasteiger partial charge in [-0.25, -0.2) is 0 Å². The fourth-order valence-corrected chi connectivity index (χ4v) is 3.29. The zero-order valence-corrected chi connectivity index (χ0v) is 13.6. The van der Waals surface area contributed by atoms with Gasteiger partial charge in [0.15, 0.2) is 0 Å². The van der Waals surface area contributed by atoms with E-state index in [0.717, 1.165) is 19.5 Å². The predicted molar refractivity (Wildman–Crippen MR) is 94.2 cm³/mol. The van der Waals surface area contributed by atoms with Crippen LogP contribution in [0.15, 0.2) is 60.7 Å². The second-order valence-electron chi connectivity index (χ2n) is 6.27. The number of piperidine rings is 1. The van der Waals surface area contributed by atoms with E-state index in [2.05, 4.69) is 41.2 Å². The Morgan fingerprint density at radius 1 is 1.09 bits per heavy atom. The fraction of sp³-hybridized carbons (Fsp3) is 0.368. The third-order valence-electron chi connectivity index (χ3n) is 4.64. The van der Waals surface area contributed by atoms with Crippen molar-refractivity contribution in [2.45, 2.75) is 31.9 Å². The maximum Gasteiger partial charge on any atom is 0.376 e. The van der Waals surface area contributed by atoms with Gasteiger partial charge in [-0.2, -0.15) is 0 Å². The molecule has 2 aromatic carbocycles. The summed E-state index contributed by atoms with van der Waals surface area (Å²) >= 11 is 0. The minimum absolute atomic E-state index is 0.188. The van der Waals surface area contributed by atoms with E-state index in [9.17, 15) is 5.02 Å². The highest BCUT2D eigenvalue weighted by Gasteiger charge is 2.33. The summed E-state index contributed by atoms with van der Waals surface area (Å²) in [5, 5.41) is 9.92. The van der Waals surface area contributed by atoms with Crippen molar-refractivity contribution in [2.75, 3.05) is 13.1 Å². The largest absolute Gasteiger partial charge is 0.437 e. The lowest BCUT2D eigenvalue weighted by molar-refractivity contribution is -0.00747. The first-order chi connectivity index (χ1) is 11.2. The first kappa shape index (κ1) is 16.3. The van der Waals surface area contributed by atoms with Gasteiger partial charge in [0.1, 0.15) is 0 Å². The number of benzene rings is 2. The van der Waals surface area contributed by atoms with Crippen molar-refractivity contribution in [3.05, 3.63) is 71.8 Å². The van der Waals surface area contributed by atoms with Crippen LogP contribution in [0.1, 0.15) is 23.5 Å². The molecule has 1 N–H and O–H groups in total. The van der Waals surface area contributed by atoms with Crippen LogP contribution in [-0.2, 0) is 11.3 Å². The van der Waals surface area contributed by atoms with Gasteiger partial charge in [-0.3, -0.25) is 0 Å². The molecular formula is C19H24BNO2. The lowest BCUT2D eigenvalue weighted by atomic mass is 9.78. The molecular weight excluding hydrogens is 285 g/mol. The molecule has 0 aromatic heterocycles. The molecule has 0 amide bonds. The van der Waals surface area contributed by atoms with Crippen molar-refractivity contribution in [1.29, 1.82) is 0 Å². The molecule has 4 heteroatoms. The van der Waals surface area contributed by atoms with Gasteiger partial charge in [0, 0.05) is 5.92 Å². The quantitative estimate of drug-likeness (QED) is 0.861. The first-order valence-electron chi connectivity index (χ1n) is 8.36. The summed E-state index contributed by atoms with van der Waals surface area (Å²) in [6.45, 7) is 4.19. The Morgan fingerprint density at radius 2 is 1.74 bits per heavy atom. The Bertz CT molecular complexity index is 591. The molecule has 120 valence electrons. The van der Waals surface area contributed by atoms with E-state index >= 15 is 0 Å². The second-order valence-corrected chi connectivity index (χ2v) is 6.27. The normalized spacial score (nSPS) is 22.0. The molecule has 2 atom stereocenters. The number of nitrogens with zero attached hydrogens (tertiary/aromatic N) is 1. The first-order valence-corrected chi connectivity index (χ1v) is 8.36. The standard InChI is InChI=1S/C19H24BNO2/c1-20(22)21-13-12-19(23-15-16-8-4-2-5-9-16)18(14-21)17-10-6-3-7-11-17/h2-11,18-19,22H,12-15H2,1H3/t18-,19+/m0/s1. The molecule has 0 aliphatic carbocycles. The van der Waals surface area contributed by atoms with Crippen molar-refractivity contribution in [3.63, 3.8) is 0 Å². The smallest absolute Gasteiger partial charge is 0.376 e. The van der Waals surface area contributed by atoms with E-state index in [1.807, 2.05) is 31.1 Å². The lowest BCUT2D eigenvalue weighted by Crippen LogP contribution is -2.48. The number of rotatable bonds is 5. The van der Waals surface area contributed by atoms with E-state index in [-0.39, 0.29) is 6.10 Å². The Hall–Kier alpha value is -1.62. The third kappa shape index (κ3) is 4.22. The molecule has 0 spiro atoms. The van der Waals surface area contributed by atoms with Crippen LogP contribution in [0.4, 0.5) is 0 Å². The van der Waals surface area contributed by atoms with Crippen LogP contribution in [0.25, 0.3) is 0 Å². The Kier molecular flexibility index (Phi) is 5.49. The minimum atomic E-state index is -0.406. The number of ether oxygens (including phenoxy) is 1. The number of hydrogen-bond donors (Lipinski definition) is 1. The average Bonchev–Trinajstić information content (AvgIpc) is 2.61. The van der Waals surface area contributed by atoms with Crippen LogP contribution in [0.2, 0.25) is 6.82 Å². The van der Waals surface area contributed by atoms with Crippen LogP contribution >= 0.6 is 0 Å². The number of hydrogen-bond acceptors (Lipinski definition) is 3. The summed E-state index contributed by atoms with van der Waals surface area (Å²) in [5.41, 5.74) is 2.49. The maximum atomic E-state index is 9.92. The van der Waals surface area contributed by atoms with Gasteiger partial charge in [-0.1, -0.05) is 60.7 Å². The van der Waals surface area contributed by atoms with Crippen LogP contribution in [-0.4, -0.2) is 36.1 Å². The van der Waals surface area contributed by atoms with Gasteiger partial charge in [0.25, 0.3) is 0 Å². The average molecular weight is 309 g/mol. The molecule has 1 fully saturated rings. The van der Waals surface area contributed by atoms with Crippen LogP contribution in [0, 0.1) is 0 Å². The van der Waals surface area contributed by atoms with E-state index < -0.39 is 7.05 Å². The Balaban J connectivity index is 1.71. The highest BCUT2D eigenvalue weighted by Crippen LogP contribution is 2.30. The minimum Gasteiger partial charge on any atom is -0.437 e. The van der Waals surface area contributed by atoms with Crippen LogP contribution in [0.5, 0.6) is 0 Å². The predicted octanol–water partition coefficient (Wildman–Crippen LogP) is 3.17. The van der Waals surface area contributed by atoms with Gasteiger partial charge in [-0.05, 0) is 37.5 Å². The summed E-state index contributed by atoms with van der Waals surface area (Å²) in [5.74, 6) is 0.295.